The van der Waals surface area contributed by atoms with Crippen LogP contribution >= 0.6 is 0 Å². The average molecular weight is 873 g/mol. The van der Waals surface area contributed by atoms with Crippen molar-refractivity contribution in [3.8, 4) is 0 Å². The first-order valence-electron chi connectivity index (χ1n) is 27.8. The van der Waals surface area contributed by atoms with Crippen molar-refractivity contribution in [1.29, 1.82) is 0 Å². The van der Waals surface area contributed by atoms with E-state index in [4.69, 9.17) is 0 Å². The Labute approximate surface area is 387 Å². The van der Waals surface area contributed by atoms with E-state index in [1.807, 2.05) is 6.08 Å². The van der Waals surface area contributed by atoms with Crippen LogP contribution in [-0.4, -0.2) is 46.1 Å². The summed E-state index contributed by atoms with van der Waals surface area (Å²) in [4.78, 5) is 12.5. The molecule has 0 aromatic carbocycles. The Hall–Kier alpha value is -1.43. The van der Waals surface area contributed by atoms with Crippen LogP contribution in [0.15, 0.2) is 36.5 Å². The molecule has 0 aliphatic heterocycles. The number of unbranched alkanes of at least 4 members (excludes halogenated alkanes) is 38. The number of amides is 1. The van der Waals surface area contributed by atoms with Gasteiger partial charge in [0.25, 0.3) is 0 Å². The third-order valence-electron chi connectivity index (χ3n) is 12.9. The zero-order valence-corrected chi connectivity index (χ0v) is 41.8. The van der Waals surface area contributed by atoms with Crippen molar-refractivity contribution in [1.82, 2.24) is 5.32 Å². The maximum atomic E-state index is 12.5. The minimum Gasteiger partial charge on any atom is -0.394 e. The van der Waals surface area contributed by atoms with Crippen molar-refractivity contribution in [3.63, 3.8) is 0 Å². The number of carbonyl (C=O) groups excluding carboxylic acids is 1. The van der Waals surface area contributed by atoms with Gasteiger partial charge in [-0.25, -0.2) is 0 Å². The standard InChI is InChI=1S/C57H109NO4/c1-3-5-7-9-11-13-15-17-19-21-23-24-25-26-27-28-29-30-31-33-34-36-38-40-42-44-46-48-50-54(60)52-57(62)58-55(53-59)56(61)51-49-47-45-43-41-39-37-35-32-22-20-18-16-14-12-10-8-6-4-2/h26-27,41,43,49,51,54-56,59-61H,3-25,28-40,42,44-48,50,52-53H2,1-2H3,(H,58,62)/b27-26-,43-41+,51-49+. The first kappa shape index (κ1) is 60.6. The van der Waals surface area contributed by atoms with Crippen LogP contribution in [0.1, 0.15) is 296 Å². The SMILES string of the molecule is CCCCCCCCCCCCCC/C=C\CCCCCCCCCCCCCCC(O)CC(=O)NC(CO)C(O)/C=C/CC/C=C/CCCCCCCCCCCCCCC. The molecule has 0 radical (unpaired) electrons. The van der Waals surface area contributed by atoms with Gasteiger partial charge >= 0.3 is 0 Å². The summed E-state index contributed by atoms with van der Waals surface area (Å²) < 4.78 is 0. The molecular formula is C57H109NO4. The van der Waals surface area contributed by atoms with Crippen LogP contribution in [0.25, 0.3) is 0 Å². The average Bonchev–Trinajstić information content (AvgIpc) is 3.27. The number of carbonyl (C=O) groups is 1. The van der Waals surface area contributed by atoms with E-state index in [-0.39, 0.29) is 18.9 Å². The van der Waals surface area contributed by atoms with Crippen LogP contribution < -0.4 is 5.32 Å². The van der Waals surface area contributed by atoms with Gasteiger partial charge < -0.3 is 20.6 Å². The summed E-state index contributed by atoms with van der Waals surface area (Å²) in [5, 5.41) is 33.4. The van der Waals surface area contributed by atoms with Crippen LogP contribution in [0.3, 0.4) is 0 Å². The van der Waals surface area contributed by atoms with Crippen LogP contribution in [0, 0.1) is 0 Å². The molecule has 0 fully saturated rings. The lowest BCUT2D eigenvalue weighted by atomic mass is 10.0. The Kier molecular flexibility index (Phi) is 51.0. The fourth-order valence-electron chi connectivity index (χ4n) is 8.65. The number of hydrogen-bond donors (Lipinski definition) is 4. The molecule has 5 nitrogen and oxygen atoms in total. The molecule has 62 heavy (non-hydrogen) atoms. The molecule has 5 heteroatoms. The monoisotopic (exact) mass is 872 g/mol. The van der Waals surface area contributed by atoms with Crippen molar-refractivity contribution in [3.05, 3.63) is 36.5 Å². The highest BCUT2D eigenvalue weighted by atomic mass is 16.3. The molecule has 0 aliphatic carbocycles. The molecule has 0 saturated heterocycles. The summed E-state index contributed by atoms with van der Waals surface area (Å²) in [6, 6.07) is -0.761. The van der Waals surface area contributed by atoms with E-state index in [0.29, 0.717) is 6.42 Å². The highest BCUT2D eigenvalue weighted by Gasteiger charge is 2.20. The second kappa shape index (κ2) is 52.2. The van der Waals surface area contributed by atoms with Crippen LogP contribution in [0.5, 0.6) is 0 Å². The highest BCUT2D eigenvalue weighted by Crippen LogP contribution is 2.17. The Bertz CT molecular complexity index is 962. The fourth-order valence-corrected chi connectivity index (χ4v) is 8.65. The van der Waals surface area contributed by atoms with E-state index < -0.39 is 18.2 Å². The third kappa shape index (κ3) is 48.0. The maximum Gasteiger partial charge on any atom is 0.222 e. The number of nitrogens with one attached hydrogen (secondary N) is 1. The first-order valence-corrected chi connectivity index (χ1v) is 27.8. The lowest BCUT2D eigenvalue weighted by molar-refractivity contribution is -0.124. The molecule has 0 aromatic rings. The maximum absolute atomic E-state index is 12.5. The Morgan fingerprint density at radius 2 is 0.694 bits per heavy atom. The molecule has 0 rings (SSSR count). The zero-order valence-electron chi connectivity index (χ0n) is 41.8. The third-order valence-corrected chi connectivity index (χ3v) is 12.9. The summed E-state index contributed by atoms with van der Waals surface area (Å²) in [5.41, 5.74) is 0. The molecule has 3 atom stereocenters. The molecular weight excluding hydrogens is 763 g/mol. The molecule has 0 aliphatic rings. The normalized spacial score (nSPS) is 13.6. The summed E-state index contributed by atoms with van der Waals surface area (Å²) in [7, 11) is 0. The predicted octanol–water partition coefficient (Wildman–Crippen LogP) is 17.1. The van der Waals surface area contributed by atoms with Gasteiger partial charge in [-0.15, -0.1) is 0 Å². The Morgan fingerprint density at radius 3 is 1.03 bits per heavy atom. The summed E-state index contributed by atoms with van der Waals surface area (Å²) >= 11 is 0. The molecule has 0 saturated carbocycles. The van der Waals surface area contributed by atoms with Gasteiger partial charge in [-0.05, 0) is 57.8 Å². The van der Waals surface area contributed by atoms with Crippen molar-refractivity contribution < 1.29 is 20.1 Å². The number of rotatable bonds is 51. The largest absolute Gasteiger partial charge is 0.394 e. The first-order chi connectivity index (χ1) is 30.5. The van der Waals surface area contributed by atoms with Crippen molar-refractivity contribution in [2.75, 3.05) is 6.61 Å². The topological polar surface area (TPSA) is 89.8 Å². The van der Waals surface area contributed by atoms with Crippen LogP contribution in [0.2, 0.25) is 0 Å². The van der Waals surface area contributed by atoms with Gasteiger partial charge in [0.2, 0.25) is 5.91 Å². The van der Waals surface area contributed by atoms with Gasteiger partial charge in [0.15, 0.2) is 0 Å². The quantitative estimate of drug-likeness (QED) is 0.0362. The number of aliphatic hydroxyl groups is 3. The van der Waals surface area contributed by atoms with Crippen molar-refractivity contribution in [2.45, 2.75) is 315 Å². The molecule has 3 unspecified atom stereocenters. The second-order valence-electron chi connectivity index (χ2n) is 19.2. The smallest absolute Gasteiger partial charge is 0.222 e. The number of hydrogen-bond acceptors (Lipinski definition) is 4. The second-order valence-corrected chi connectivity index (χ2v) is 19.2. The molecule has 0 aromatic heterocycles. The lowest BCUT2D eigenvalue weighted by Crippen LogP contribution is -2.45. The minimum absolute atomic E-state index is 0.00713. The van der Waals surface area contributed by atoms with Crippen LogP contribution in [0.4, 0.5) is 0 Å². The van der Waals surface area contributed by atoms with Gasteiger partial charge in [-0.3, -0.25) is 4.79 Å². The predicted molar refractivity (Wildman–Crippen MR) is 273 cm³/mol. The van der Waals surface area contributed by atoms with Gasteiger partial charge in [0, 0.05) is 0 Å². The van der Waals surface area contributed by atoms with E-state index in [1.165, 1.54) is 238 Å². The Morgan fingerprint density at radius 1 is 0.403 bits per heavy atom. The minimum atomic E-state index is -0.952. The van der Waals surface area contributed by atoms with E-state index in [0.717, 1.165) is 32.1 Å². The van der Waals surface area contributed by atoms with Crippen molar-refractivity contribution >= 4 is 5.91 Å². The summed E-state index contributed by atoms with van der Waals surface area (Å²) in [6.45, 7) is 4.23. The molecule has 4 N–H and O–H groups in total. The molecule has 0 heterocycles. The molecule has 1 amide bonds. The summed E-state index contributed by atoms with van der Waals surface area (Å²) in [6.07, 6.45) is 67.6. The molecule has 0 spiro atoms. The molecule has 366 valence electrons. The van der Waals surface area contributed by atoms with E-state index in [2.05, 4.69) is 43.5 Å². The van der Waals surface area contributed by atoms with Gasteiger partial charge in [-0.2, -0.15) is 0 Å². The number of aliphatic hydroxyl groups excluding tert-OH is 3. The van der Waals surface area contributed by atoms with Gasteiger partial charge in [0.1, 0.15) is 0 Å². The zero-order chi connectivity index (χ0) is 45.1. The summed E-state index contributed by atoms with van der Waals surface area (Å²) in [5.74, 6) is -0.322. The highest BCUT2D eigenvalue weighted by molar-refractivity contribution is 5.76. The van der Waals surface area contributed by atoms with Gasteiger partial charge in [-0.1, -0.05) is 269 Å². The van der Waals surface area contributed by atoms with E-state index >= 15 is 0 Å². The van der Waals surface area contributed by atoms with Crippen molar-refractivity contribution in [2.24, 2.45) is 0 Å². The van der Waals surface area contributed by atoms with Gasteiger partial charge in [0.05, 0.1) is 31.3 Å². The number of allylic oxidation sites excluding steroid dienone is 5. The lowest BCUT2D eigenvalue weighted by Gasteiger charge is -2.21. The van der Waals surface area contributed by atoms with E-state index in [9.17, 15) is 20.1 Å². The molecule has 0 bridgehead atoms. The Balaban J connectivity index is 3.58. The fraction of sp³-hybridized carbons (Fsp3) is 0.877. The van der Waals surface area contributed by atoms with Crippen LogP contribution in [-0.2, 0) is 4.79 Å². The van der Waals surface area contributed by atoms with E-state index in [1.54, 1.807) is 6.08 Å².